The largest absolute Gasteiger partial charge is 0.330 e. The quantitative estimate of drug-likeness (QED) is 0.642. The van der Waals surface area contributed by atoms with Crippen molar-refractivity contribution in [2.24, 2.45) is 17.6 Å². The van der Waals surface area contributed by atoms with Crippen LogP contribution in [0.3, 0.4) is 0 Å². The Bertz CT molecular complexity index is 110. The van der Waals surface area contributed by atoms with Gasteiger partial charge in [-0.05, 0) is 19.3 Å². The summed E-state index contributed by atoms with van der Waals surface area (Å²) in [5.41, 5.74) is 5.40. The van der Waals surface area contributed by atoms with Crippen LogP contribution in [0.25, 0.3) is 0 Å². The van der Waals surface area contributed by atoms with Gasteiger partial charge >= 0.3 is 0 Å². The molecule has 0 aliphatic carbocycles. The van der Waals surface area contributed by atoms with Crippen LogP contribution < -0.4 is 5.73 Å². The van der Waals surface area contributed by atoms with Crippen LogP contribution in [0.4, 0.5) is 0 Å². The lowest BCUT2D eigenvalue weighted by Crippen LogP contribution is -2.22. The Kier molecular flexibility index (Phi) is 4.28. The normalized spacial score (nSPS) is 13.7. The molecule has 0 fully saturated rings. The summed E-state index contributed by atoms with van der Waals surface area (Å²) in [6.07, 6.45) is 0.922. The molecular weight excluding hydrogens is 126 g/mol. The Morgan fingerprint density at radius 1 is 1.50 bits per heavy atom. The molecule has 0 spiro atoms. The minimum atomic E-state index is 0.0833. The molecule has 1 unspecified atom stereocenters. The van der Waals surface area contributed by atoms with Crippen molar-refractivity contribution in [2.45, 2.75) is 27.2 Å². The molecule has 1 atom stereocenters. The Labute approximate surface area is 62.8 Å². The fourth-order valence-corrected chi connectivity index (χ4v) is 0.997. The van der Waals surface area contributed by atoms with Crippen LogP contribution >= 0.6 is 0 Å². The van der Waals surface area contributed by atoms with Crippen molar-refractivity contribution in [3.8, 4) is 0 Å². The minimum absolute atomic E-state index is 0.0833. The lowest BCUT2D eigenvalue weighted by Gasteiger charge is -2.12. The van der Waals surface area contributed by atoms with E-state index < -0.39 is 0 Å². The second-order valence-electron chi connectivity index (χ2n) is 3.17. The molecule has 0 aromatic heterocycles. The van der Waals surface area contributed by atoms with E-state index >= 15 is 0 Å². The van der Waals surface area contributed by atoms with E-state index in [1.807, 2.05) is 0 Å². The number of hydrogen-bond donors (Lipinski definition) is 1. The molecule has 2 nitrogen and oxygen atoms in total. The van der Waals surface area contributed by atoms with E-state index in [2.05, 4.69) is 13.8 Å². The van der Waals surface area contributed by atoms with Crippen LogP contribution in [0.5, 0.6) is 0 Å². The van der Waals surface area contributed by atoms with Gasteiger partial charge in [0.2, 0.25) is 0 Å². The molecule has 0 rings (SSSR count). The van der Waals surface area contributed by atoms with Gasteiger partial charge in [-0.2, -0.15) is 0 Å². The van der Waals surface area contributed by atoms with Crippen LogP contribution in [-0.4, -0.2) is 12.3 Å². The first-order valence-electron chi connectivity index (χ1n) is 3.78. The lowest BCUT2D eigenvalue weighted by molar-refractivity contribution is -0.120. The summed E-state index contributed by atoms with van der Waals surface area (Å²) in [6, 6.07) is 0. The molecule has 2 heteroatoms. The zero-order valence-electron chi connectivity index (χ0n) is 7.05. The first kappa shape index (κ1) is 9.63. The lowest BCUT2D eigenvalue weighted by atomic mass is 9.94. The highest BCUT2D eigenvalue weighted by Crippen LogP contribution is 2.10. The highest BCUT2D eigenvalue weighted by molar-refractivity contribution is 5.78. The topological polar surface area (TPSA) is 43.1 Å². The molecule has 0 bridgehead atoms. The predicted octanol–water partition coefficient (Wildman–Crippen LogP) is 1.20. The summed E-state index contributed by atoms with van der Waals surface area (Å²) in [6.45, 7) is 6.31. The Morgan fingerprint density at radius 2 is 2.00 bits per heavy atom. The molecule has 0 saturated heterocycles. The number of Topliss-reactive ketones (excluding diaryl/α,β-unsaturated/α-hetero) is 1. The zero-order valence-corrected chi connectivity index (χ0v) is 7.05. The molecule has 0 aromatic carbocycles. The molecule has 0 aliphatic rings. The van der Waals surface area contributed by atoms with Crippen molar-refractivity contribution in [1.29, 1.82) is 0 Å². The van der Waals surface area contributed by atoms with Gasteiger partial charge in [0.05, 0.1) is 0 Å². The molecule has 0 saturated carbocycles. The van der Waals surface area contributed by atoms with Crippen LogP contribution in [0.1, 0.15) is 27.2 Å². The van der Waals surface area contributed by atoms with E-state index in [-0.39, 0.29) is 11.7 Å². The van der Waals surface area contributed by atoms with Gasteiger partial charge in [0.15, 0.2) is 0 Å². The second-order valence-corrected chi connectivity index (χ2v) is 3.17. The average Bonchev–Trinajstić information content (AvgIpc) is 1.81. The van der Waals surface area contributed by atoms with Crippen molar-refractivity contribution >= 4 is 5.78 Å². The third kappa shape index (κ3) is 3.62. The second kappa shape index (κ2) is 4.45. The van der Waals surface area contributed by atoms with Gasteiger partial charge in [-0.15, -0.1) is 0 Å². The fourth-order valence-electron chi connectivity index (χ4n) is 0.997. The molecule has 0 aromatic rings. The SMILES string of the molecule is CC(=O)C(CN)CC(C)C. The van der Waals surface area contributed by atoms with Crippen molar-refractivity contribution in [3.63, 3.8) is 0 Å². The number of hydrogen-bond acceptors (Lipinski definition) is 2. The number of carbonyl (C=O) groups excluding carboxylic acids is 1. The molecule has 0 heterocycles. The van der Waals surface area contributed by atoms with Crippen molar-refractivity contribution < 1.29 is 4.79 Å². The standard InChI is InChI=1S/C8H17NO/c1-6(2)4-8(5-9)7(3)10/h6,8H,4-5,9H2,1-3H3. The van der Waals surface area contributed by atoms with Gasteiger partial charge in [-0.1, -0.05) is 13.8 Å². The third-order valence-electron chi connectivity index (χ3n) is 1.62. The number of carbonyl (C=O) groups is 1. The summed E-state index contributed by atoms with van der Waals surface area (Å²) in [4.78, 5) is 10.8. The maximum Gasteiger partial charge on any atom is 0.134 e. The highest BCUT2D eigenvalue weighted by Gasteiger charge is 2.12. The highest BCUT2D eigenvalue weighted by atomic mass is 16.1. The van der Waals surface area contributed by atoms with Crippen LogP contribution in [-0.2, 0) is 4.79 Å². The van der Waals surface area contributed by atoms with E-state index in [0.717, 1.165) is 6.42 Å². The van der Waals surface area contributed by atoms with Crippen molar-refractivity contribution in [3.05, 3.63) is 0 Å². The van der Waals surface area contributed by atoms with Gasteiger partial charge in [-0.25, -0.2) is 0 Å². The Morgan fingerprint density at radius 3 is 2.10 bits per heavy atom. The zero-order chi connectivity index (χ0) is 8.15. The maximum atomic E-state index is 10.8. The summed E-state index contributed by atoms with van der Waals surface area (Å²) < 4.78 is 0. The van der Waals surface area contributed by atoms with Crippen LogP contribution in [0, 0.1) is 11.8 Å². The smallest absolute Gasteiger partial charge is 0.134 e. The fraction of sp³-hybridized carbons (Fsp3) is 0.875. The van der Waals surface area contributed by atoms with Crippen LogP contribution in [0.2, 0.25) is 0 Å². The molecular formula is C8H17NO. The van der Waals surface area contributed by atoms with E-state index in [1.165, 1.54) is 0 Å². The summed E-state index contributed by atoms with van der Waals surface area (Å²) in [7, 11) is 0. The van der Waals surface area contributed by atoms with E-state index in [4.69, 9.17) is 5.73 Å². The van der Waals surface area contributed by atoms with Crippen LogP contribution in [0.15, 0.2) is 0 Å². The first-order valence-corrected chi connectivity index (χ1v) is 3.78. The van der Waals surface area contributed by atoms with E-state index in [0.29, 0.717) is 12.5 Å². The van der Waals surface area contributed by atoms with E-state index in [9.17, 15) is 4.79 Å². The molecule has 0 amide bonds. The van der Waals surface area contributed by atoms with Gasteiger partial charge in [0.25, 0.3) is 0 Å². The maximum absolute atomic E-state index is 10.8. The van der Waals surface area contributed by atoms with Gasteiger partial charge < -0.3 is 5.73 Å². The first-order chi connectivity index (χ1) is 4.57. The van der Waals surface area contributed by atoms with Gasteiger partial charge in [0, 0.05) is 12.5 Å². The Balaban J connectivity index is 3.72. The van der Waals surface area contributed by atoms with Gasteiger partial charge in [-0.3, -0.25) is 4.79 Å². The number of nitrogens with two attached hydrogens (primary N) is 1. The summed E-state index contributed by atoms with van der Waals surface area (Å²) in [5, 5.41) is 0. The number of ketones is 1. The van der Waals surface area contributed by atoms with Gasteiger partial charge in [0.1, 0.15) is 5.78 Å². The Hall–Kier alpha value is -0.370. The van der Waals surface area contributed by atoms with Crippen molar-refractivity contribution in [1.82, 2.24) is 0 Å². The van der Waals surface area contributed by atoms with E-state index in [1.54, 1.807) is 6.92 Å². The molecule has 0 radical (unpaired) electrons. The van der Waals surface area contributed by atoms with Crippen molar-refractivity contribution in [2.75, 3.05) is 6.54 Å². The number of rotatable bonds is 4. The monoisotopic (exact) mass is 143 g/mol. The third-order valence-corrected chi connectivity index (χ3v) is 1.62. The molecule has 2 N–H and O–H groups in total. The minimum Gasteiger partial charge on any atom is -0.330 e. The summed E-state index contributed by atoms with van der Waals surface area (Å²) in [5.74, 6) is 0.869. The average molecular weight is 143 g/mol. The summed E-state index contributed by atoms with van der Waals surface area (Å²) >= 11 is 0. The predicted molar refractivity (Wildman–Crippen MR) is 42.7 cm³/mol. The molecule has 60 valence electrons. The molecule has 0 aliphatic heterocycles. The molecule has 10 heavy (non-hydrogen) atoms.